The Balaban J connectivity index is 2.03. The van der Waals surface area contributed by atoms with Crippen LogP contribution in [0.3, 0.4) is 0 Å². The molecule has 1 fully saturated rings. The van der Waals surface area contributed by atoms with Crippen molar-refractivity contribution in [3.8, 4) is 6.07 Å². The number of benzene rings is 1. The molecule has 21 heavy (non-hydrogen) atoms. The molecule has 0 radical (unpaired) electrons. The number of ketones is 1. The average Bonchev–Trinajstić information content (AvgIpc) is 2.84. The molecule has 0 spiro atoms. The predicted molar refractivity (Wildman–Crippen MR) is 80.6 cm³/mol. The fourth-order valence-corrected chi connectivity index (χ4v) is 3.24. The molecule has 0 unspecified atom stereocenters. The summed E-state index contributed by atoms with van der Waals surface area (Å²) in [5.41, 5.74) is 1.72. The molecule has 1 saturated heterocycles. The van der Waals surface area contributed by atoms with E-state index >= 15 is 0 Å². The van der Waals surface area contributed by atoms with Gasteiger partial charge in [-0.1, -0.05) is 45.0 Å². The molecule has 0 N–H and O–H groups in total. The number of fused-ring (bicyclic) bond motifs is 3. The summed E-state index contributed by atoms with van der Waals surface area (Å²) in [5.74, 6) is -0.0401. The molecule has 2 aliphatic rings. The molecule has 0 saturated carbocycles. The van der Waals surface area contributed by atoms with Gasteiger partial charge in [0.05, 0.1) is 24.2 Å². The first kappa shape index (κ1) is 13.8. The Morgan fingerprint density at radius 1 is 1.38 bits per heavy atom. The first-order valence-electron chi connectivity index (χ1n) is 7.28. The zero-order valence-corrected chi connectivity index (χ0v) is 12.6. The molecule has 3 rings (SSSR count). The Morgan fingerprint density at radius 2 is 2.10 bits per heavy atom. The zero-order chi connectivity index (χ0) is 15.2. The van der Waals surface area contributed by atoms with Crippen LogP contribution < -0.4 is 0 Å². The van der Waals surface area contributed by atoms with Crippen molar-refractivity contribution in [2.45, 2.75) is 39.3 Å². The highest BCUT2D eigenvalue weighted by Gasteiger charge is 2.48. The highest BCUT2D eigenvalue weighted by atomic mass is 16.1. The number of hydrazone groups is 1. The number of hydrogen-bond acceptors (Lipinski definition) is 4. The van der Waals surface area contributed by atoms with Crippen molar-refractivity contribution in [2.75, 3.05) is 0 Å². The molecule has 0 aromatic heterocycles. The summed E-state index contributed by atoms with van der Waals surface area (Å²) in [6.07, 6.45) is 2.36. The molecular weight excluding hydrogens is 262 g/mol. The van der Waals surface area contributed by atoms with E-state index in [4.69, 9.17) is 0 Å². The standard InChI is InChI=1S/C17H19N3O/c1-17(2,3)16(21)14-8-12(9-18)15-13-7-5-4-6-11(13)10-19-20(14)15/h4-7,10,12,14-15H,8H2,1-3H3/t12-,14+,15-/m0/s1. The van der Waals surface area contributed by atoms with Gasteiger partial charge in [-0.2, -0.15) is 10.4 Å². The van der Waals surface area contributed by atoms with Gasteiger partial charge in [-0.3, -0.25) is 9.80 Å². The number of nitrogens with zero attached hydrogens (tertiary/aromatic N) is 3. The van der Waals surface area contributed by atoms with Gasteiger partial charge in [0.15, 0.2) is 5.78 Å². The Bertz CT molecular complexity index is 651. The Kier molecular flexibility index (Phi) is 3.09. The van der Waals surface area contributed by atoms with Gasteiger partial charge in [-0.05, 0) is 17.5 Å². The van der Waals surface area contributed by atoms with E-state index in [1.165, 1.54) is 0 Å². The molecule has 0 bridgehead atoms. The van der Waals surface area contributed by atoms with Crippen molar-refractivity contribution in [3.05, 3.63) is 35.4 Å². The zero-order valence-electron chi connectivity index (χ0n) is 12.6. The van der Waals surface area contributed by atoms with Crippen LogP contribution in [-0.4, -0.2) is 23.0 Å². The van der Waals surface area contributed by atoms with E-state index in [0.717, 1.165) is 11.1 Å². The third-order valence-corrected chi connectivity index (χ3v) is 4.32. The molecule has 3 atom stereocenters. The first-order valence-corrected chi connectivity index (χ1v) is 7.28. The minimum atomic E-state index is -0.425. The molecule has 0 amide bonds. The molecule has 4 heteroatoms. The van der Waals surface area contributed by atoms with E-state index in [2.05, 4.69) is 11.2 Å². The van der Waals surface area contributed by atoms with E-state index in [0.29, 0.717) is 6.42 Å². The van der Waals surface area contributed by atoms with E-state index in [1.54, 1.807) is 6.21 Å². The van der Waals surface area contributed by atoms with Crippen molar-refractivity contribution in [3.63, 3.8) is 0 Å². The summed E-state index contributed by atoms with van der Waals surface area (Å²) in [5, 5.41) is 15.8. The molecular formula is C17H19N3O. The molecule has 2 heterocycles. The molecule has 1 aromatic rings. The second-order valence-electron chi connectivity index (χ2n) is 6.80. The minimum Gasteiger partial charge on any atom is -0.297 e. The lowest BCUT2D eigenvalue weighted by Crippen LogP contribution is -2.41. The molecule has 1 aromatic carbocycles. The Labute approximate surface area is 125 Å². The number of hydrogen-bond donors (Lipinski definition) is 0. The van der Waals surface area contributed by atoms with E-state index < -0.39 is 5.41 Å². The monoisotopic (exact) mass is 281 g/mol. The summed E-state index contributed by atoms with van der Waals surface area (Å²) >= 11 is 0. The second kappa shape index (κ2) is 4.70. The van der Waals surface area contributed by atoms with Crippen LogP contribution in [-0.2, 0) is 4.79 Å². The average molecular weight is 281 g/mol. The quantitative estimate of drug-likeness (QED) is 0.795. The molecule has 2 aliphatic heterocycles. The lowest BCUT2D eigenvalue weighted by Gasteiger charge is -2.33. The highest BCUT2D eigenvalue weighted by Crippen LogP contribution is 2.45. The number of Topliss-reactive ketones (excluding diaryl/α,β-unsaturated/α-hetero) is 1. The van der Waals surface area contributed by atoms with Gasteiger partial charge in [0.25, 0.3) is 0 Å². The van der Waals surface area contributed by atoms with Crippen LogP contribution in [0.25, 0.3) is 0 Å². The van der Waals surface area contributed by atoms with Crippen molar-refractivity contribution in [1.82, 2.24) is 5.01 Å². The lowest BCUT2D eigenvalue weighted by atomic mass is 9.84. The molecule has 4 nitrogen and oxygen atoms in total. The third-order valence-electron chi connectivity index (χ3n) is 4.32. The Morgan fingerprint density at radius 3 is 2.76 bits per heavy atom. The fourth-order valence-electron chi connectivity index (χ4n) is 3.24. The van der Waals surface area contributed by atoms with Gasteiger partial charge in [0.1, 0.15) is 6.04 Å². The van der Waals surface area contributed by atoms with Gasteiger partial charge < -0.3 is 0 Å². The normalized spacial score (nSPS) is 27.0. The van der Waals surface area contributed by atoms with Crippen molar-refractivity contribution < 1.29 is 4.79 Å². The van der Waals surface area contributed by atoms with Crippen molar-refractivity contribution >= 4 is 12.0 Å². The van der Waals surface area contributed by atoms with E-state index in [-0.39, 0.29) is 23.8 Å². The Hall–Kier alpha value is -2.15. The van der Waals surface area contributed by atoms with Gasteiger partial charge in [-0.25, -0.2) is 0 Å². The van der Waals surface area contributed by atoms with Gasteiger partial charge in [-0.15, -0.1) is 0 Å². The number of rotatable bonds is 1. The summed E-state index contributed by atoms with van der Waals surface area (Å²) in [4.78, 5) is 12.7. The SMILES string of the molecule is CC(C)(C)C(=O)[C@H]1C[C@@H](C#N)[C@H]2c3ccccc3C=NN12. The number of carbonyl (C=O) groups is 1. The summed E-state index contributed by atoms with van der Waals surface area (Å²) in [6, 6.07) is 9.95. The van der Waals surface area contributed by atoms with Crippen LogP contribution in [0, 0.1) is 22.7 Å². The van der Waals surface area contributed by atoms with Crippen molar-refractivity contribution in [1.29, 1.82) is 5.26 Å². The van der Waals surface area contributed by atoms with Gasteiger partial charge in [0, 0.05) is 5.41 Å². The maximum atomic E-state index is 12.7. The first-order chi connectivity index (χ1) is 9.93. The topological polar surface area (TPSA) is 56.5 Å². The number of carbonyl (C=O) groups excluding carboxylic acids is 1. The fraction of sp³-hybridized carbons (Fsp3) is 0.471. The largest absolute Gasteiger partial charge is 0.297 e. The van der Waals surface area contributed by atoms with E-state index in [9.17, 15) is 10.1 Å². The van der Waals surface area contributed by atoms with Gasteiger partial charge in [0.2, 0.25) is 0 Å². The minimum absolute atomic E-state index is 0.104. The van der Waals surface area contributed by atoms with E-state index in [1.807, 2.05) is 50.0 Å². The maximum absolute atomic E-state index is 12.7. The summed E-state index contributed by atoms with van der Waals surface area (Å²) in [6.45, 7) is 5.77. The lowest BCUT2D eigenvalue weighted by molar-refractivity contribution is -0.131. The van der Waals surface area contributed by atoms with Crippen LogP contribution in [0.1, 0.15) is 44.4 Å². The summed E-state index contributed by atoms with van der Waals surface area (Å²) < 4.78 is 0. The van der Waals surface area contributed by atoms with Crippen LogP contribution in [0.4, 0.5) is 0 Å². The predicted octanol–water partition coefficient (Wildman–Crippen LogP) is 2.90. The van der Waals surface area contributed by atoms with Crippen LogP contribution in [0.15, 0.2) is 29.4 Å². The molecule has 0 aliphatic carbocycles. The van der Waals surface area contributed by atoms with Crippen LogP contribution in [0.2, 0.25) is 0 Å². The van der Waals surface area contributed by atoms with Crippen molar-refractivity contribution in [2.24, 2.45) is 16.4 Å². The maximum Gasteiger partial charge on any atom is 0.162 e. The number of nitriles is 1. The summed E-state index contributed by atoms with van der Waals surface area (Å²) in [7, 11) is 0. The third kappa shape index (κ3) is 2.13. The van der Waals surface area contributed by atoms with Gasteiger partial charge >= 0.3 is 0 Å². The van der Waals surface area contributed by atoms with Crippen LogP contribution >= 0.6 is 0 Å². The highest BCUT2D eigenvalue weighted by molar-refractivity contribution is 5.90. The second-order valence-corrected chi connectivity index (χ2v) is 6.80. The van der Waals surface area contributed by atoms with Crippen LogP contribution in [0.5, 0.6) is 0 Å². The molecule has 108 valence electrons. The smallest absolute Gasteiger partial charge is 0.162 e.